The second kappa shape index (κ2) is 7.09. The maximum absolute atomic E-state index is 13.3. The molecular formula is C24H20N2O. The summed E-state index contributed by atoms with van der Waals surface area (Å²) in [7, 11) is 0. The van der Waals surface area contributed by atoms with Crippen molar-refractivity contribution in [3.8, 4) is 6.07 Å². The van der Waals surface area contributed by atoms with Crippen molar-refractivity contribution < 1.29 is 4.79 Å². The van der Waals surface area contributed by atoms with E-state index >= 15 is 0 Å². The maximum atomic E-state index is 13.3. The first-order valence-electron chi connectivity index (χ1n) is 9.15. The molecule has 0 aromatic heterocycles. The minimum Gasteiger partial charge on any atom is -0.315 e. The fourth-order valence-corrected chi connectivity index (χ4v) is 3.96. The summed E-state index contributed by atoms with van der Waals surface area (Å²) >= 11 is 0. The zero-order valence-electron chi connectivity index (χ0n) is 15.0. The van der Waals surface area contributed by atoms with E-state index in [2.05, 4.69) is 12.1 Å². The molecule has 1 amide bonds. The van der Waals surface area contributed by atoms with Crippen molar-refractivity contribution in [1.29, 1.82) is 5.26 Å². The summed E-state index contributed by atoms with van der Waals surface area (Å²) in [6, 6.07) is 29.7. The van der Waals surface area contributed by atoms with Crippen molar-refractivity contribution in [2.45, 2.75) is 18.4 Å². The lowest BCUT2D eigenvalue weighted by Crippen LogP contribution is -2.54. The molecule has 0 fully saturated rings. The summed E-state index contributed by atoms with van der Waals surface area (Å²) in [4.78, 5) is 15.1. The van der Waals surface area contributed by atoms with E-state index in [-0.39, 0.29) is 5.91 Å². The molecule has 1 aliphatic heterocycles. The first-order chi connectivity index (χ1) is 13.2. The zero-order chi connectivity index (χ0) is 18.7. The Morgan fingerprint density at radius 2 is 1.56 bits per heavy atom. The first-order valence-corrected chi connectivity index (χ1v) is 9.15. The Morgan fingerprint density at radius 3 is 2.26 bits per heavy atom. The smallest absolute Gasteiger partial charge is 0.255 e. The van der Waals surface area contributed by atoms with Gasteiger partial charge in [0.05, 0.1) is 6.07 Å². The summed E-state index contributed by atoms with van der Waals surface area (Å²) in [5.74, 6) is -0.0948. The maximum Gasteiger partial charge on any atom is 0.255 e. The average Bonchev–Trinajstić information content (AvgIpc) is 2.75. The van der Waals surface area contributed by atoms with E-state index in [4.69, 9.17) is 0 Å². The van der Waals surface area contributed by atoms with Gasteiger partial charge in [-0.05, 0) is 35.2 Å². The van der Waals surface area contributed by atoms with Gasteiger partial charge < -0.3 is 4.90 Å². The molecule has 4 rings (SSSR count). The van der Waals surface area contributed by atoms with Gasteiger partial charge in [0, 0.05) is 18.5 Å². The van der Waals surface area contributed by atoms with Crippen LogP contribution in [0.15, 0.2) is 84.9 Å². The molecule has 0 aliphatic carbocycles. The van der Waals surface area contributed by atoms with Crippen LogP contribution in [0.4, 0.5) is 0 Å². The number of nitriles is 1. The van der Waals surface area contributed by atoms with Crippen molar-refractivity contribution in [2.24, 2.45) is 0 Å². The van der Waals surface area contributed by atoms with Crippen LogP contribution in [-0.2, 0) is 18.4 Å². The van der Waals surface area contributed by atoms with Crippen LogP contribution in [0.5, 0.6) is 0 Å². The molecule has 0 saturated heterocycles. The second-order valence-electron chi connectivity index (χ2n) is 6.86. The molecule has 3 heteroatoms. The van der Waals surface area contributed by atoms with Crippen LogP contribution in [0, 0.1) is 11.3 Å². The molecule has 1 atom stereocenters. The minimum atomic E-state index is -1.01. The van der Waals surface area contributed by atoms with Crippen molar-refractivity contribution in [2.75, 3.05) is 6.54 Å². The lowest BCUT2D eigenvalue weighted by atomic mass is 9.77. The Bertz CT molecular complexity index is 992. The number of fused-ring (bicyclic) bond motifs is 1. The van der Waals surface area contributed by atoms with Gasteiger partial charge in [0.25, 0.3) is 5.91 Å². The van der Waals surface area contributed by atoms with Gasteiger partial charge in [0.15, 0.2) is 5.54 Å². The number of hydrogen-bond acceptors (Lipinski definition) is 2. The summed E-state index contributed by atoms with van der Waals surface area (Å²) in [5.41, 5.74) is 2.73. The Labute approximate surface area is 159 Å². The standard InChI is InChI=1S/C24H20N2O/c25-18-24(17-19-9-3-1-4-10-19)22-14-8-7-11-20(22)15-16-26(24)23(27)21-12-5-2-6-13-21/h1-14H,15-17H2. The molecule has 3 nitrogen and oxygen atoms in total. The van der Waals surface area contributed by atoms with Gasteiger partial charge in [-0.1, -0.05) is 72.8 Å². The molecule has 27 heavy (non-hydrogen) atoms. The molecule has 3 aromatic rings. The summed E-state index contributed by atoms with van der Waals surface area (Å²) < 4.78 is 0. The third kappa shape index (κ3) is 3.00. The third-order valence-electron chi connectivity index (χ3n) is 5.28. The number of rotatable bonds is 3. The minimum absolute atomic E-state index is 0.0948. The Balaban J connectivity index is 1.85. The average molecular weight is 352 g/mol. The van der Waals surface area contributed by atoms with Crippen molar-refractivity contribution in [3.63, 3.8) is 0 Å². The molecular weight excluding hydrogens is 332 g/mol. The SMILES string of the molecule is N#CC1(Cc2ccccc2)c2ccccc2CCN1C(=O)c1ccccc1. The highest BCUT2D eigenvalue weighted by Gasteiger charge is 2.45. The van der Waals surface area contributed by atoms with Crippen LogP contribution < -0.4 is 0 Å². The van der Waals surface area contributed by atoms with Gasteiger partial charge in [-0.15, -0.1) is 0 Å². The number of benzene rings is 3. The van der Waals surface area contributed by atoms with Crippen LogP contribution in [0.3, 0.4) is 0 Å². The summed E-state index contributed by atoms with van der Waals surface area (Å²) in [6.07, 6.45) is 1.23. The fraction of sp³-hybridized carbons (Fsp3) is 0.167. The Morgan fingerprint density at radius 1 is 0.926 bits per heavy atom. The normalized spacial score (nSPS) is 18.4. The van der Waals surface area contributed by atoms with E-state index in [1.54, 1.807) is 4.90 Å². The molecule has 0 saturated carbocycles. The lowest BCUT2D eigenvalue weighted by Gasteiger charge is -2.44. The second-order valence-corrected chi connectivity index (χ2v) is 6.86. The molecule has 132 valence electrons. The van der Waals surface area contributed by atoms with E-state index in [1.165, 1.54) is 0 Å². The fourth-order valence-electron chi connectivity index (χ4n) is 3.96. The van der Waals surface area contributed by atoms with Crippen molar-refractivity contribution in [3.05, 3.63) is 107 Å². The number of amides is 1. The van der Waals surface area contributed by atoms with E-state index in [0.29, 0.717) is 18.5 Å². The van der Waals surface area contributed by atoms with Crippen LogP contribution in [0.25, 0.3) is 0 Å². The number of hydrogen-bond donors (Lipinski definition) is 0. The van der Waals surface area contributed by atoms with Crippen LogP contribution in [-0.4, -0.2) is 17.4 Å². The topological polar surface area (TPSA) is 44.1 Å². The highest BCUT2D eigenvalue weighted by molar-refractivity contribution is 5.95. The zero-order valence-corrected chi connectivity index (χ0v) is 15.0. The third-order valence-corrected chi connectivity index (χ3v) is 5.28. The van der Waals surface area contributed by atoms with Crippen molar-refractivity contribution in [1.82, 2.24) is 4.90 Å². The van der Waals surface area contributed by atoms with Gasteiger partial charge >= 0.3 is 0 Å². The van der Waals surface area contributed by atoms with Crippen molar-refractivity contribution >= 4 is 5.91 Å². The molecule has 1 heterocycles. The number of carbonyl (C=O) groups excluding carboxylic acids is 1. The van der Waals surface area contributed by atoms with Gasteiger partial charge in [-0.3, -0.25) is 4.79 Å². The van der Waals surface area contributed by atoms with E-state index in [9.17, 15) is 10.1 Å². The highest BCUT2D eigenvalue weighted by atomic mass is 16.2. The van der Waals surface area contributed by atoms with Gasteiger partial charge in [-0.2, -0.15) is 5.26 Å². The molecule has 0 spiro atoms. The predicted molar refractivity (Wildman–Crippen MR) is 105 cm³/mol. The monoisotopic (exact) mass is 352 g/mol. The lowest BCUT2D eigenvalue weighted by molar-refractivity contribution is 0.0551. The van der Waals surface area contributed by atoms with Crippen LogP contribution in [0.2, 0.25) is 0 Å². The molecule has 0 bridgehead atoms. The molecule has 1 aliphatic rings. The Hall–Kier alpha value is -3.38. The van der Waals surface area contributed by atoms with Gasteiger partial charge in [0.2, 0.25) is 0 Å². The number of carbonyl (C=O) groups is 1. The largest absolute Gasteiger partial charge is 0.315 e. The van der Waals surface area contributed by atoms with E-state index in [1.807, 2.05) is 78.9 Å². The summed E-state index contributed by atoms with van der Waals surface area (Å²) in [6.45, 7) is 0.533. The van der Waals surface area contributed by atoms with E-state index < -0.39 is 5.54 Å². The Kier molecular flexibility index (Phi) is 4.48. The highest BCUT2D eigenvalue weighted by Crippen LogP contribution is 2.39. The van der Waals surface area contributed by atoms with Gasteiger partial charge in [0.1, 0.15) is 0 Å². The molecule has 0 radical (unpaired) electrons. The number of nitrogens with zero attached hydrogens (tertiary/aromatic N) is 2. The van der Waals surface area contributed by atoms with Crippen LogP contribution in [0.1, 0.15) is 27.0 Å². The first kappa shape index (κ1) is 17.1. The summed E-state index contributed by atoms with van der Waals surface area (Å²) in [5, 5.41) is 10.4. The van der Waals surface area contributed by atoms with Gasteiger partial charge in [-0.25, -0.2) is 0 Å². The van der Waals surface area contributed by atoms with E-state index in [0.717, 1.165) is 23.1 Å². The predicted octanol–water partition coefficient (Wildman–Crippen LogP) is 4.35. The van der Waals surface area contributed by atoms with Crippen LogP contribution >= 0.6 is 0 Å². The molecule has 0 N–H and O–H groups in total. The quantitative estimate of drug-likeness (QED) is 0.703. The molecule has 3 aromatic carbocycles. The molecule has 1 unspecified atom stereocenters.